The van der Waals surface area contributed by atoms with Crippen molar-refractivity contribution in [3.63, 3.8) is 0 Å². The number of carboxylic acid groups (broad SMARTS) is 1. The van der Waals surface area contributed by atoms with Gasteiger partial charge in [-0.25, -0.2) is 4.79 Å². The van der Waals surface area contributed by atoms with Gasteiger partial charge in [0.25, 0.3) is 0 Å². The van der Waals surface area contributed by atoms with Crippen molar-refractivity contribution in [3.05, 3.63) is 0 Å². The molecule has 1 N–H and O–H groups in total. The van der Waals surface area contributed by atoms with Crippen molar-refractivity contribution < 1.29 is 14.7 Å². The molecule has 1 aliphatic heterocycles. The largest absolute Gasteiger partial charge is 0.481 e. The molecule has 1 aliphatic rings. The maximum absolute atomic E-state index is 12.7. The lowest BCUT2D eigenvalue weighted by Gasteiger charge is -2.39. The van der Waals surface area contributed by atoms with Gasteiger partial charge in [0.15, 0.2) is 0 Å². The van der Waals surface area contributed by atoms with E-state index in [4.69, 9.17) is 5.11 Å². The summed E-state index contributed by atoms with van der Waals surface area (Å²) in [6.07, 6.45) is 2.76. The van der Waals surface area contributed by atoms with Crippen molar-refractivity contribution in [1.29, 1.82) is 0 Å². The standard InChI is InChI=1S/C15H29N3O3/c1-12(2)18(10-6-8-14(19)20)15(21)17-9-5-7-13(11-17)16(3)4/h12-13H,5-11H2,1-4H3,(H,19,20). The molecule has 0 aromatic carbocycles. The van der Waals surface area contributed by atoms with Crippen LogP contribution >= 0.6 is 0 Å². The summed E-state index contributed by atoms with van der Waals surface area (Å²) >= 11 is 0. The average molecular weight is 299 g/mol. The Balaban J connectivity index is 2.60. The predicted molar refractivity (Wildman–Crippen MR) is 82.4 cm³/mol. The van der Waals surface area contributed by atoms with Crippen LogP contribution in [0.5, 0.6) is 0 Å². The van der Waals surface area contributed by atoms with Gasteiger partial charge in [0, 0.05) is 38.1 Å². The molecule has 0 aromatic rings. The van der Waals surface area contributed by atoms with Gasteiger partial charge in [-0.05, 0) is 47.2 Å². The van der Waals surface area contributed by atoms with E-state index in [1.54, 1.807) is 4.90 Å². The van der Waals surface area contributed by atoms with Gasteiger partial charge >= 0.3 is 12.0 Å². The summed E-state index contributed by atoms with van der Waals surface area (Å²) in [4.78, 5) is 29.2. The number of hydrogen-bond donors (Lipinski definition) is 1. The number of carbonyl (C=O) groups excluding carboxylic acids is 1. The fourth-order valence-electron chi connectivity index (χ4n) is 2.71. The highest BCUT2D eigenvalue weighted by Gasteiger charge is 2.28. The van der Waals surface area contributed by atoms with Gasteiger partial charge in [-0.1, -0.05) is 0 Å². The molecule has 1 heterocycles. The summed E-state index contributed by atoms with van der Waals surface area (Å²) in [5.41, 5.74) is 0. The fourth-order valence-corrected chi connectivity index (χ4v) is 2.71. The highest BCUT2D eigenvalue weighted by atomic mass is 16.4. The van der Waals surface area contributed by atoms with E-state index in [0.717, 1.165) is 25.9 Å². The molecule has 0 bridgehead atoms. The van der Waals surface area contributed by atoms with Crippen molar-refractivity contribution in [3.8, 4) is 0 Å². The molecule has 6 nitrogen and oxygen atoms in total. The van der Waals surface area contributed by atoms with Crippen molar-refractivity contribution in [2.75, 3.05) is 33.7 Å². The Morgan fingerprint density at radius 3 is 2.52 bits per heavy atom. The van der Waals surface area contributed by atoms with Crippen LogP contribution in [0.3, 0.4) is 0 Å². The van der Waals surface area contributed by atoms with Crippen molar-refractivity contribution in [2.45, 2.75) is 51.6 Å². The summed E-state index contributed by atoms with van der Waals surface area (Å²) in [7, 11) is 4.09. The average Bonchev–Trinajstić information content (AvgIpc) is 2.42. The van der Waals surface area contributed by atoms with Gasteiger partial charge in [0.2, 0.25) is 0 Å². The summed E-state index contributed by atoms with van der Waals surface area (Å²) in [5, 5.41) is 8.73. The van der Waals surface area contributed by atoms with Gasteiger partial charge in [-0.3, -0.25) is 4.79 Å². The third-order valence-electron chi connectivity index (χ3n) is 4.06. The molecule has 1 rings (SSSR count). The normalized spacial score (nSPS) is 19.1. The first-order chi connectivity index (χ1) is 9.82. The molecule has 0 spiro atoms. The lowest BCUT2D eigenvalue weighted by atomic mass is 10.1. The molecular weight excluding hydrogens is 270 g/mol. The minimum Gasteiger partial charge on any atom is -0.481 e. The molecule has 2 amide bonds. The van der Waals surface area contributed by atoms with Crippen LogP contribution < -0.4 is 0 Å². The van der Waals surface area contributed by atoms with E-state index in [1.807, 2.05) is 32.8 Å². The maximum atomic E-state index is 12.7. The molecule has 21 heavy (non-hydrogen) atoms. The van der Waals surface area contributed by atoms with Gasteiger partial charge in [-0.15, -0.1) is 0 Å². The van der Waals surface area contributed by atoms with Gasteiger partial charge < -0.3 is 19.8 Å². The SMILES string of the molecule is CC(C)N(CCCC(=O)O)C(=O)N1CCCC(N(C)C)C1. The monoisotopic (exact) mass is 299 g/mol. The molecule has 0 aromatic heterocycles. The number of nitrogens with zero attached hydrogens (tertiary/aromatic N) is 3. The number of amides is 2. The van der Waals surface area contributed by atoms with Crippen molar-refractivity contribution in [2.24, 2.45) is 0 Å². The molecule has 0 radical (unpaired) electrons. The molecular formula is C15H29N3O3. The second-order valence-electron chi connectivity index (χ2n) is 6.27. The Morgan fingerprint density at radius 2 is 2.00 bits per heavy atom. The molecule has 1 unspecified atom stereocenters. The number of hydrogen-bond acceptors (Lipinski definition) is 3. The van der Waals surface area contributed by atoms with E-state index in [-0.39, 0.29) is 18.5 Å². The highest BCUT2D eigenvalue weighted by Crippen LogP contribution is 2.17. The van der Waals surface area contributed by atoms with Crippen LogP contribution in [0.4, 0.5) is 4.79 Å². The molecule has 1 fully saturated rings. The van der Waals surface area contributed by atoms with Crippen LogP contribution in [-0.4, -0.2) is 77.6 Å². The van der Waals surface area contributed by atoms with Crippen LogP contribution in [0.15, 0.2) is 0 Å². The van der Waals surface area contributed by atoms with Crippen molar-refractivity contribution >= 4 is 12.0 Å². The molecule has 1 atom stereocenters. The number of piperidine rings is 1. The van der Waals surface area contributed by atoms with E-state index in [9.17, 15) is 9.59 Å². The smallest absolute Gasteiger partial charge is 0.320 e. The molecule has 0 aliphatic carbocycles. The van der Waals surface area contributed by atoms with Gasteiger partial charge in [0.05, 0.1) is 0 Å². The number of rotatable bonds is 6. The van der Waals surface area contributed by atoms with Gasteiger partial charge in [0.1, 0.15) is 0 Å². The lowest BCUT2D eigenvalue weighted by Crippen LogP contribution is -2.53. The topological polar surface area (TPSA) is 64.1 Å². The predicted octanol–water partition coefficient (Wildman–Crippen LogP) is 1.71. The zero-order valence-electron chi connectivity index (χ0n) is 13.7. The number of urea groups is 1. The van der Waals surface area contributed by atoms with E-state index < -0.39 is 5.97 Å². The van der Waals surface area contributed by atoms with Crippen LogP contribution in [0, 0.1) is 0 Å². The number of aliphatic carboxylic acids is 1. The van der Waals surface area contributed by atoms with Crippen LogP contribution in [0.1, 0.15) is 39.5 Å². The first-order valence-electron chi connectivity index (χ1n) is 7.76. The summed E-state index contributed by atoms with van der Waals surface area (Å²) in [5.74, 6) is -0.809. The number of likely N-dealkylation sites (tertiary alicyclic amines) is 1. The summed E-state index contributed by atoms with van der Waals surface area (Å²) in [6, 6.07) is 0.545. The third-order valence-corrected chi connectivity index (χ3v) is 4.06. The Hall–Kier alpha value is -1.30. The van der Waals surface area contributed by atoms with Crippen LogP contribution in [-0.2, 0) is 4.79 Å². The molecule has 6 heteroatoms. The minimum absolute atomic E-state index is 0.0435. The van der Waals surface area contributed by atoms with E-state index in [0.29, 0.717) is 19.0 Å². The van der Waals surface area contributed by atoms with E-state index >= 15 is 0 Å². The Bertz CT molecular complexity index is 358. The molecule has 1 saturated heterocycles. The van der Waals surface area contributed by atoms with Crippen LogP contribution in [0.25, 0.3) is 0 Å². The van der Waals surface area contributed by atoms with E-state index in [2.05, 4.69) is 4.90 Å². The summed E-state index contributed by atoms with van der Waals surface area (Å²) < 4.78 is 0. The first-order valence-corrected chi connectivity index (χ1v) is 7.76. The van der Waals surface area contributed by atoms with Crippen molar-refractivity contribution in [1.82, 2.24) is 14.7 Å². The Morgan fingerprint density at radius 1 is 1.33 bits per heavy atom. The second kappa shape index (κ2) is 8.22. The zero-order chi connectivity index (χ0) is 16.0. The van der Waals surface area contributed by atoms with Crippen LogP contribution in [0.2, 0.25) is 0 Å². The molecule has 122 valence electrons. The molecule has 0 saturated carbocycles. The third kappa shape index (κ3) is 5.53. The quantitative estimate of drug-likeness (QED) is 0.811. The zero-order valence-corrected chi connectivity index (χ0v) is 13.7. The second-order valence-corrected chi connectivity index (χ2v) is 6.27. The number of likely N-dealkylation sites (N-methyl/N-ethyl adjacent to an activating group) is 1. The highest BCUT2D eigenvalue weighted by molar-refractivity contribution is 5.75. The Labute approximate surface area is 127 Å². The lowest BCUT2D eigenvalue weighted by molar-refractivity contribution is -0.137. The Kier molecular flexibility index (Phi) is 6.95. The number of carboxylic acids is 1. The van der Waals surface area contributed by atoms with Gasteiger partial charge in [-0.2, -0.15) is 0 Å². The summed E-state index contributed by atoms with van der Waals surface area (Å²) in [6.45, 7) is 6.02. The fraction of sp³-hybridized carbons (Fsp3) is 0.867. The first kappa shape index (κ1) is 17.8. The minimum atomic E-state index is -0.809. The maximum Gasteiger partial charge on any atom is 0.320 e. The van der Waals surface area contributed by atoms with E-state index in [1.165, 1.54) is 0 Å². The number of carbonyl (C=O) groups is 2.